The zero-order valence-corrected chi connectivity index (χ0v) is 16.8. The number of hydrogen-bond donors (Lipinski definition) is 2. The van der Waals surface area contributed by atoms with E-state index in [4.69, 9.17) is 0 Å². The minimum absolute atomic E-state index is 0.0648. The Morgan fingerprint density at radius 3 is 1.79 bits per heavy atom. The van der Waals surface area contributed by atoms with Gasteiger partial charge in [0.05, 0.1) is 31.1 Å². The third-order valence-corrected chi connectivity index (χ3v) is 5.14. The number of carbonyl (C=O) groups is 3. The van der Waals surface area contributed by atoms with Gasteiger partial charge in [0.25, 0.3) is 5.91 Å². The number of nitrogens with one attached hydrogen (secondary N) is 2. The number of methoxy groups -OCH3 is 2. The molecular formula is C19H20N2O7S. The second kappa shape index (κ2) is 9.20. The van der Waals surface area contributed by atoms with Crippen molar-refractivity contribution >= 4 is 39.2 Å². The number of sulfonamides is 1. The predicted molar refractivity (Wildman–Crippen MR) is 107 cm³/mol. The number of amides is 1. The lowest BCUT2D eigenvalue weighted by atomic mass is 10.1. The minimum atomic E-state index is -3.42. The van der Waals surface area contributed by atoms with Crippen molar-refractivity contribution in [2.24, 2.45) is 0 Å². The minimum Gasteiger partial charge on any atom is -0.465 e. The standard InChI is InChI=1S/C19H20N2O7S/c1-4-29(25,26)21-15-7-5-12(6-8-15)17(22)20-16-10-13(18(23)27-2)9-14(11-16)19(24)28-3/h5-11,21H,4H2,1-3H3,(H,20,22). The summed E-state index contributed by atoms with van der Waals surface area (Å²) in [7, 11) is -1.03. The molecule has 0 radical (unpaired) electrons. The molecule has 0 spiro atoms. The molecule has 2 aromatic rings. The largest absolute Gasteiger partial charge is 0.465 e. The first-order chi connectivity index (χ1) is 13.7. The molecule has 0 bridgehead atoms. The molecule has 2 N–H and O–H groups in total. The van der Waals surface area contributed by atoms with Crippen LogP contribution in [0.2, 0.25) is 0 Å². The van der Waals surface area contributed by atoms with E-state index in [1.807, 2.05) is 0 Å². The molecule has 2 aromatic carbocycles. The summed E-state index contributed by atoms with van der Waals surface area (Å²) in [5, 5.41) is 2.58. The molecule has 0 saturated heterocycles. The van der Waals surface area contributed by atoms with E-state index in [1.54, 1.807) is 0 Å². The molecule has 2 rings (SSSR count). The Balaban J connectivity index is 2.25. The maximum atomic E-state index is 12.5. The van der Waals surface area contributed by atoms with E-state index in [1.165, 1.54) is 63.6 Å². The molecular weight excluding hydrogens is 400 g/mol. The molecule has 0 aromatic heterocycles. The fourth-order valence-electron chi connectivity index (χ4n) is 2.32. The summed E-state index contributed by atoms with van der Waals surface area (Å²) >= 11 is 0. The predicted octanol–water partition coefficient (Wildman–Crippen LogP) is 2.27. The zero-order valence-electron chi connectivity index (χ0n) is 16.0. The third kappa shape index (κ3) is 5.79. The Morgan fingerprint density at radius 2 is 1.34 bits per heavy atom. The van der Waals surface area contributed by atoms with Crippen molar-refractivity contribution in [3.05, 3.63) is 59.2 Å². The van der Waals surface area contributed by atoms with Crippen molar-refractivity contribution in [1.82, 2.24) is 0 Å². The van der Waals surface area contributed by atoms with Gasteiger partial charge in [-0.3, -0.25) is 9.52 Å². The van der Waals surface area contributed by atoms with Crippen molar-refractivity contribution in [3.63, 3.8) is 0 Å². The molecule has 0 unspecified atom stereocenters. The van der Waals surface area contributed by atoms with Crippen molar-refractivity contribution in [1.29, 1.82) is 0 Å². The van der Waals surface area contributed by atoms with Crippen LogP contribution >= 0.6 is 0 Å². The summed E-state index contributed by atoms with van der Waals surface area (Å²) in [5.74, 6) is -1.96. The van der Waals surface area contributed by atoms with Crippen LogP contribution in [-0.4, -0.2) is 46.2 Å². The van der Waals surface area contributed by atoms with Gasteiger partial charge >= 0.3 is 11.9 Å². The lowest BCUT2D eigenvalue weighted by Gasteiger charge is -2.10. The van der Waals surface area contributed by atoms with E-state index >= 15 is 0 Å². The summed E-state index contributed by atoms with van der Waals surface area (Å²) in [4.78, 5) is 36.1. The van der Waals surface area contributed by atoms with Crippen LogP contribution in [0.3, 0.4) is 0 Å². The fourth-order valence-corrected chi connectivity index (χ4v) is 2.96. The average molecular weight is 420 g/mol. The summed E-state index contributed by atoms with van der Waals surface area (Å²) in [6.07, 6.45) is 0. The van der Waals surface area contributed by atoms with Crippen molar-refractivity contribution < 1.29 is 32.3 Å². The quantitative estimate of drug-likeness (QED) is 0.658. The Labute approximate surface area is 168 Å². The number of hydrogen-bond acceptors (Lipinski definition) is 7. The van der Waals surface area contributed by atoms with Crippen LogP contribution in [0.5, 0.6) is 0 Å². The molecule has 10 heteroatoms. The van der Waals surface area contributed by atoms with Gasteiger partial charge < -0.3 is 14.8 Å². The molecule has 0 aliphatic heterocycles. The lowest BCUT2D eigenvalue weighted by molar-refractivity contribution is 0.0599. The molecule has 9 nitrogen and oxygen atoms in total. The number of anilines is 2. The Hall–Kier alpha value is -3.40. The normalized spacial score (nSPS) is 10.7. The zero-order chi connectivity index (χ0) is 21.6. The van der Waals surface area contributed by atoms with Gasteiger partial charge in [0.2, 0.25) is 10.0 Å². The number of ether oxygens (including phenoxy) is 2. The Bertz CT molecular complexity index is 997. The van der Waals surface area contributed by atoms with Gasteiger partial charge in [-0.25, -0.2) is 18.0 Å². The first kappa shape index (κ1) is 21.9. The second-order valence-corrected chi connectivity index (χ2v) is 7.83. The van der Waals surface area contributed by atoms with Crippen LogP contribution in [-0.2, 0) is 19.5 Å². The SMILES string of the molecule is CCS(=O)(=O)Nc1ccc(C(=O)Nc2cc(C(=O)OC)cc(C(=O)OC)c2)cc1. The number of esters is 2. The number of benzene rings is 2. The van der Waals surface area contributed by atoms with Crippen molar-refractivity contribution in [3.8, 4) is 0 Å². The van der Waals surface area contributed by atoms with Gasteiger partial charge in [-0.2, -0.15) is 0 Å². The van der Waals surface area contributed by atoms with Crippen molar-refractivity contribution in [2.75, 3.05) is 30.0 Å². The van der Waals surface area contributed by atoms with Crippen LogP contribution in [0.15, 0.2) is 42.5 Å². The molecule has 0 heterocycles. The molecule has 0 aliphatic rings. The average Bonchev–Trinajstić information content (AvgIpc) is 2.72. The van der Waals surface area contributed by atoms with Gasteiger partial charge in [0.1, 0.15) is 0 Å². The van der Waals surface area contributed by atoms with Crippen LogP contribution < -0.4 is 10.0 Å². The van der Waals surface area contributed by atoms with Crippen LogP contribution in [0.25, 0.3) is 0 Å². The summed E-state index contributed by atoms with van der Waals surface area (Å²) < 4.78 is 34.8. The van der Waals surface area contributed by atoms with Crippen molar-refractivity contribution in [2.45, 2.75) is 6.92 Å². The first-order valence-electron chi connectivity index (χ1n) is 8.42. The highest BCUT2D eigenvalue weighted by Crippen LogP contribution is 2.19. The van der Waals surface area contributed by atoms with Crippen LogP contribution in [0.4, 0.5) is 11.4 Å². The molecule has 0 atom stereocenters. The van der Waals surface area contributed by atoms with Gasteiger partial charge in [-0.05, 0) is 49.4 Å². The molecule has 0 saturated carbocycles. The second-order valence-electron chi connectivity index (χ2n) is 5.82. The van der Waals surface area contributed by atoms with Gasteiger partial charge in [0, 0.05) is 16.9 Å². The highest BCUT2D eigenvalue weighted by molar-refractivity contribution is 7.92. The van der Waals surface area contributed by atoms with E-state index in [0.717, 1.165) is 0 Å². The maximum Gasteiger partial charge on any atom is 0.337 e. The number of rotatable bonds is 7. The molecule has 154 valence electrons. The maximum absolute atomic E-state index is 12.5. The monoisotopic (exact) mass is 420 g/mol. The Kier molecular flexibility index (Phi) is 6.94. The van der Waals surface area contributed by atoms with E-state index < -0.39 is 27.9 Å². The topological polar surface area (TPSA) is 128 Å². The highest BCUT2D eigenvalue weighted by Gasteiger charge is 2.16. The summed E-state index contributed by atoms with van der Waals surface area (Å²) in [6, 6.07) is 9.80. The molecule has 0 aliphatic carbocycles. The van der Waals surface area contributed by atoms with Gasteiger partial charge in [-0.1, -0.05) is 0 Å². The van der Waals surface area contributed by atoms with Crippen LogP contribution in [0.1, 0.15) is 38.0 Å². The Morgan fingerprint density at radius 1 is 0.828 bits per heavy atom. The van der Waals surface area contributed by atoms with E-state index in [9.17, 15) is 22.8 Å². The fraction of sp³-hybridized carbons (Fsp3) is 0.211. The lowest BCUT2D eigenvalue weighted by Crippen LogP contribution is -2.16. The first-order valence-corrected chi connectivity index (χ1v) is 10.1. The highest BCUT2D eigenvalue weighted by atomic mass is 32.2. The summed E-state index contributed by atoms with van der Waals surface area (Å²) in [5.41, 5.74) is 0.885. The van der Waals surface area contributed by atoms with E-state index in [2.05, 4.69) is 19.5 Å². The van der Waals surface area contributed by atoms with E-state index in [0.29, 0.717) is 5.69 Å². The van der Waals surface area contributed by atoms with E-state index in [-0.39, 0.29) is 28.1 Å². The van der Waals surface area contributed by atoms with Gasteiger partial charge in [0.15, 0.2) is 0 Å². The number of carbonyl (C=O) groups excluding carboxylic acids is 3. The van der Waals surface area contributed by atoms with Gasteiger partial charge in [-0.15, -0.1) is 0 Å². The molecule has 29 heavy (non-hydrogen) atoms. The van der Waals surface area contributed by atoms with Crippen LogP contribution in [0, 0.1) is 0 Å². The summed E-state index contributed by atoms with van der Waals surface area (Å²) in [6.45, 7) is 1.51. The smallest absolute Gasteiger partial charge is 0.337 e. The third-order valence-electron chi connectivity index (χ3n) is 3.83. The molecule has 0 fully saturated rings. The molecule has 1 amide bonds.